The SMILES string of the molecule is Cc1cc(C)n(Cc2cccc(C(=O)N/N=C/c3ccc4c(c3)OCO4)c2)n1. The summed E-state index contributed by atoms with van der Waals surface area (Å²) in [4.78, 5) is 12.4. The van der Waals surface area contributed by atoms with E-state index in [1.54, 1.807) is 12.3 Å². The number of benzene rings is 2. The van der Waals surface area contributed by atoms with Crippen LogP contribution >= 0.6 is 0 Å². The summed E-state index contributed by atoms with van der Waals surface area (Å²) >= 11 is 0. The topological polar surface area (TPSA) is 77.7 Å². The van der Waals surface area contributed by atoms with Crippen molar-refractivity contribution < 1.29 is 14.3 Å². The van der Waals surface area contributed by atoms with Gasteiger partial charge in [0.25, 0.3) is 5.91 Å². The van der Waals surface area contributed by atoms with Crippen LogP contribution in [0.3, 0.4) is 0 Å². The molecule has 4 rings (SSSR count). The summed E-state index contributed by atoms with van der Waals surface area (Å²) in [6.45, 7) is 4.81. The van der Waals surface area contributed by atoms with E-state index in [2.05, 4.69) is 15.6 Å². The molecule has 0 radical (unpaired) electrons. The highest BCUT2D eigenvalue weighted by molar-refractivity contribution is 5.95. The number of carbonyl (C=O) groups excluding carboxylic acids is 1. The van der Waals surface area contributed by atoms with E-state index in [1.165, 1.54) is 0 Å². The summed E-state index contributed by atoms with van der Waals surface area (Å²) in [5, 5.41) is 8.50. The molecule has 1 aromatic heterocycles. The standard InChI is InChI=1S/C21H20N4O3/c1-14-8-15(2)25(24-14)12-17-4-3-5-18(9-17)21(26)23-22-11-16-6-7-19-20(10-16)28-13-27-19/h3-11H,12-13H2,1-2H3,(H,23,26)/b22-11+. The molecule has 0 saturated carbocycles. The minimum atomic E-state index is -0.271. The largest absolute Gasteiger partial charge is 0.454 e. The van der Waals surface area contributed by atoms with E-state index in [9.17, 15) is 4.79 Å². The van der Waals surface area contributed by atoms with Gasteiger partial charge in [0.2, 0.25) is 6.79 Å². The van der Waals surface area contributed by atoms with Gasteiger partial charge < -0.3 is 9.47 Å². The molecular formula is C21H20N4O3. The normalized spacial score (nSPS) is 12.5. The quantitative estimate of drug-likeness (QED) is 0.548. The first-order valence-corrected chi connectivity index (χ1v) is 8.91. The molecule has 0 unspecified atom stereocenters. The number of amides is 1. The minimum Gasteiger partial charge on any atom is -0.454 e. The fraction of sp³-hybridized carbons (Fsp3) is 0.190. The Bertz CT molecular complexity index is 1060. The van der Waals surface area contributed by atoms with Crippen LogP contribution in [-0.2, 0) is 6.54 Å². The zero-order chi connectivity index (χ0) is 19.5. The zero-order valence-electron chi connectivity index (χ0n) is 15.7. The van der Waals surface area contributed by atoms with Crippen LogP contribution in [0.4, 0.5) is 0 Å². The number of hydrogen-bond acceptors (Lipinski definition) is 5. The van der Waals surface area contributed by atoms with E-state index in [1.807, 2.05) is 61.0 Å². The Balaban J connectivity index is 1.41. The van der Waals surface area contributed by atoms with Gasteiger partial charge in [0.15, 0.2) is 11.5 Å². The van der Waals surface area contributed by atoms with Crippen molar-refractivity contribution in [2.45, 2.75) is 20.4 Å². The Morgan fingerprint density at radius 2 is 2.04 bits per heavy atom. The first-order chi connectivity index (χ1) is 13.6. The Kier molecular flexibility index (Phi) is 4.80. The van der Waals surface area contributed by atoms with E-state index in [4.69, 9.17) is 9.47 Å². The second-order valence-corrected chi connectivity index (χ2v) is 6.60. The third-order valence-electron chi connectivity index (χ3n) is 4.40. The lowest BCUT2D eigenvalue weighted by molar-refractivity contribution is 0.0955. The summed E-state index contributed by atoms with van der Waals surface area (Å²) in [6.07, 6.45) is 1.57. The summed E-state index contributed by atoms with van der Waals surface area (Å²) < 4.78 is 12.5. The van der Waals surface area contributed by atoms with Crippen molar-refractivity contribution in [3.8, 4) is 11.5 Å². The molecule has 2 aromatic carbocycles. The van der Waals surface area contributed by atoms with Gasteiger partial charge >= 0.3 is 0 Å². The summed E-state index contributed by atoms with van der Waals surface area (Å²) in [5.41, 5.74) is 6.97. The summed E-state index contributed by atoms with van der Waals surface area (Å²) in [7, 11) is 0. The lowest BCUT2D eigenvalue weighted by atomic mass is 10.1. The number of fused-ring (bicyclic) bond motifs is 1. The van der Waals surface area contributed by atoms with Crippen molar-refractivity contribution in [3.05, 3.63) is 76.6 Å². The summed E-state index contributed by atoms with van der Waals surface area (Å²) in [5.74, 6) is 1.11. The van der Waals surface area contributed by atoms with Crippen LogP contribution in [0.1, 0.15) is 32.9 Å². The van der Waals surface area contributed by atoms with Crippen molar-refractivity contribution in [1.29, 1.82) is 0 Å². The molecule has 7 nitrogen and oxygen atoms in total. The number of hydrazone groups is 1. The molecule has 2 heterocycles. The van der Waals surface area contributed by atoms with Gasteiger partial charge in [0, 0.05) is 11.3 Å². The number of aryl methyl sites for hydroxylation is 2. The number of hydrogen-bond donors (Lipinski definition) is 1. The van der Waals surface area contributed by atoms with Gasteiger partial charge in [-0.05, 0) is 61.4 Å². The summed E-state index contributed by atoms with van der Waals surface area (Å²) in [6, 6.07) is 14.9. The van der Waals surface area contributed by atoms with E-state index in [0.717, 1.165) is 22.5 Å². The van der Waals surface area contributed by atoms with Crippen molar-refractivity contribution in [1.82, 2.24) is 15.2 Å². The predicted octanol–water partition coefficient (Wildman–Crippen LogP) is 3.04. The van der Waals surface area contributed by atoms with Crippen molar-refractivity contribution in [2.75, 3.05) is 6.79 Å². The fourth-order valence-electron chi connectivity index (χ4n) is 3.04. The molecule has 1 amide bonds. The minimum absolute atomic E-state index is 0.223. The molecule has 0 aliphatic carbocycles. The maximum atomic E-state index is 12.4. The van der Waals surface area contributed by atoms with Gasteiger partial charge in [-0.1, -0.05) is 12.1 Å². The molecule has 0 saturated heterocycles. The molecule has 142 valence electrons. The molecule has 3 aromatic rings. The Hall–Kier alpha value is -3.61. The Morgan fingerprint density at radius 3 is 2.86 bits per heavy atom. The van der Waals surface area contributed by atoms with Gasteiger partial charge in [0.05, 0.1) is 18.5 Å². The lowest BCUT2D eigenvalue weighted by Gasteiger charge is -2.07. The van der Waals surface area contributed by atoms with Gasteiger partial charge in [-0.2, -0.15) is 10.2 Å². The van der Waals surface area contributed by atoms with Crippen LogP contribution in [0.15, 0.2) is 53.6 Å². The van der Waals surface area contributed by atoms with Crippen LogP contribution in [0.5, 0.6) is 11.5 Å². The molecular weight excluding hydrogens is 356 g/mol. The van der Waals surface area contributed by atoms with E-state index in [-0.39, 0.29) is 12.7 Å². The van der Waals surface area contributed by atoms with Gasteiger partial charge in [0.1, 0.15) is 0 Å². The average molecular weight is 376 g/mol. The molecule has 7 heteroatoms. The van der Waals surface area contributed by atoms with Gasteiger partial charge in [-0.3, -0.25) is 9.48 Å². The third-order valence-corrected chi connectivity index (χ3v) is 4.40. The second kappa shape index (κ2) is 7.56. The van der Waals surface area contributed by atoms with Crippen LogP contribution in [0.2, 0.25) is 0 Å². The number of ether oxygens (including phenoxy) is 2. The van der Waals surface area contributed by atoms with Crippen molar-refractivity contribution in [3.63, 3.8) is 0 Å². The smallest absolute Gasteiger partial charge is 0.271 e. The van der Waals surface area contributed by atoms with Crippen molar-refractivity contribution in [2.24, 2.45) is 5.10 Å². The monoisotopic (exact) mass is 376 g/mol. The highest BCUT2D eigenvalue weighted by Crippen LogP contribution is 2.31. The third kappa shape index (κ3) is 3.88. The number of aromatic nitrogens is 2. The maximum absolute atomic E-state index is 12.4. The number of rotatable bonds is 5. The van der Waals surface area contributed by atoms with Crippen LogP contribution in [0, 0.1) is 13.8 Å². The highest BCUT2D eigenvalue weighted by Gasteiger charge is 2.12. The van der Waals surface area contributed by atoms with Crippen LogP contribution in [-0.4, -0.2) is 28.7 Å². The average Bonchev–Trinajstić information content (AvgIpc) is 3.27. The second-order valence-electron chi connectivity index (χ2n) is 6.60. The first kappa shape index (κ1) is 17.8. The molecule has 0 spiro atoms. The fourth-order valence-corrected chi connectivity index (χ4v) is 3.04. The van der Waals surface area contributed by atoms with Gasteiger partial charge in [-0.15, -0.1) is 0 Å². The number of nitrogens with one attached hydrogen (secondary N) is 1. The lowest BCUT2D eigenvalue weighted by Crippen LogP contribution is -2.18. The molecule has 0 bridgehead atoms. The van der Waals surface area contributed by atoms with Crippen LogP contribution in [0.25, 0.3) is 0 Å². The van der Waals surface area contributed by atoms with Crippen molar-refractivity contribution >= 4 is 12.1 Å². The van der Waals surface area contributed by atoms with E-state index in [0.29, 0.717) is 23.6 Å². The maximum Gasteiger partial charge on any atom is 0.271 e. The molecule has 1 N–H and O–H groups in total. The number of carbonyl (C=O) groups is 1. The zero-order valence-corrected chi connectivity index (χ0v) is 15.7. The van der Waals surface area contributed by atoms with Gasteiger partial charge in [-0.25, -0.2) is 5.43 Å². The Morgan fingerprint density at radius 1 is 1.18 bits per heavy atom. The van der Waals surface area contributed by atoms with E-state index < -0.39 is 0 Å². The molecule has 1 aliphatic heterocycles. The highest BCUT2D eigenvalue weighted by atomic mass is 16.7. The molecule has 0 fully saturated rings. The molecule has 1 aliphatic rings. The molecule has 28 heavy (non-hydrogen) atoms. The Labute approximate surface area is 162 Å². The first-order valence-electron chi connectivity index (χ1n) is 8.91. The predicted molar refractivity (Wildman–Crippen MR) is 105 cm³/mol. The van der Waals surface area contributed by atoms with Crippen LogP contribution < -0.4 is 14.9 Å². The number of nitrogens with zero attached hydrogens (tertiary/aromatic N) is 3. The molecule has 0 atom stereocenters. The van der Waals surface area contributed by atoms with E-state index >= 15 is 0 Å².